The zero-order valence-electron chi connectivity index (χ0n) is 9.97. The van der Waals surface area contributed by atoms with Gasteiger partial charge < -0.3 is 11.1 Å². The molecule has 0 bridgehead atoms. The molecule has 5 heteroatoms. The van der Waals surface area contributed by atoms with Crippen molar-refractivity contribution >= 4 is 45.3 Å². The molecule has 0 aliphatic heterocycles. The Hall–Kier alpha value is -0.820. The Morgan fingerprint density at radius 1 is 1.33 bits per heavy atom. The Morgan fingerprint density at radius 3 is 2.72 bits per heavy atom. The number of nitrogen functional groups attached to an aromatic ring is 1. The monoisotopic (exact) mass is 376 g/mol. The van der Waals surface area contributed by atoms with Gasteiger partial charge in [-0.25, -0.2) is 4.39 Å². The number of halogens is 2. The van der Waals surface area contributed by atoms with Crippen LogP contribution in [0.5, 0.6) is 0 Å². The average molecular weight is 376 g/mol. The van der Waals surface area contributed by atoms with Gasteiger partial charge in [-0.15, -0.1) is 11.3 Å². The van der Waals surface area contributed by atoms with Crippen LogP contribution in [0.1, 0.15) is 16.7 Å². The number of nitrogens with two attached hydrogens (primary N) is 1. The van der Waals surface area contributed by atoms with Crippen molar-refractivity contribution in [1.29, 1.82) is 0 Å². The molecule has 0 aliphatic rings. The summed E-state index contributed by atoms with van der Waals surface area (Å²) in [4.78, 5) is 2.58. The van der Waals surface area contributed by atoms with Gasteiger partial charge in [0.2, 0.25) is 0 Å². The predicted octanol–water partition coefficient (Wildman–Crippen LogP) is 4.25. The van der Waals surface area contributed by atoms with Gasteiger partial charge in [-0.05, 0) is 47.2 Å². The van der Waals surface area contributed by atoms with Crippen LogP contribution in [0.2, 0.25) is 0 Å². The van der Waals surface area contributed by atoms with Gasteiger partial charge in [0.1, 0.15) is 5.82 Å². The number of aryl methyl sites for hydroxylation is 1. The van der Waals surface area contributed by atoms with E-state index in [1.807, 2.05) is 22.6 Å². The lowest BCUT2D eigenvalue weighted by Gasteiger charge is -2.09. The number of anilines is 2. The molecule has 1 heterocycles. The zero-order chi connectivity index (χ0) is 13.1. The van der Waals surface area contributed by atoms with Crippen molar-refractivity contribution < 1.29 is 4.39 Å². The molecule has 2 nitrogen and oxygen atoms in total. The van der Waals surface area contributed by atoms with Gasteiger partial charge >= 0.3 is 0 Å². The Kier molecular flexibility index (Phi) is 4.45. The minimum atomic E-state index is -0.243. The van der Waals surface area contributed by atoms with Crippen LogP contribution in [0.3, 0.4) is 0 Å². The molecule has 96 valence electrons. The van der Waals surface area contributed by atoms with Gasteiger partial charge in [0.15, 0.2) is 0 Å². The fourth-order valence-electron chi connectivity index (χ4n) is 1.61. The molecular weight excluding hydrogens is 362 g/mol. The third-order valence-corrected chi connectivity index (χ3v) is 4.67. The molecule has 2 rings (SSSR count). The van der Waals surface area contributed by atoms with Crippen molar-refractivity contribution in [2.75, 3.05) is 11.1 Å². The van der Waals surface area contributed by atoms with Gasteiger partial charge in [0.25, 0.3) is 0 Å². The first-order valence-corrected chi connectivity index (χ1v) is 7.55. The lowest BCUT2D eigenvalue weighted by atomic mass is 10.2. The largest absolute Gasteiger partial charge is 0.397 e. The number of hydrogen-bond donors (Lipinski definition) is 2. The second-order valence-electron chi connectivity index (χ2n) is 3.93. The van der Waals surface area contributed by atoms with E-state index in [1.54, 1.807) is 17.4 Å². The lowest BCUT2D eigenvalue weighted by molar-refractivity contribution is 0.621. The average Bonchev–Trinajstić information content (AvgIpc) is 2.80. The van der Waals surface area contributed by atoms with Crippen molar-refractivity contribution in [1.82, 2.24) is 0 Å². The molecule has 18 heavy (non-hydrogen) atoms. The molecule has 0 saturated heterocycles. The summed E-state index contributed by atoms with van der Waals surface area (Å²) in [7, 11) is 0. The Labute approximate surface area is 124 Å². The van der Waals surface area contributed by atoms with Crippen LogP contribution in [-0.2, 0) is 13.0 Å². The molecule has 1 aromatic carbocycles. The van der Waals surface area contributed by atoms with E-state index in [0.29, 0.717) is 21.5 Å². The highest BCUT2D eigenvalue weighted by Gasteiger charge is 2.06. The van der Waals surface area contributed by atoms with Crippen LogP contribution in [0, 0.1) is 9.39 Å². The summed E-state index contributed by atoms with van der Waals surface area (Å²) in [5.74, 6) is -0.243. The van der Waals surface area contributed by atoms with E-state index in [4.69, 9.17) is 5.73 Å². The first kappa shape index (κ1) is 13.6. The quantitative estimate of drug-likeness (QED) is 0.619. The molecule has 0 aliphatic carbocycles. The number of nitrogens with one attached hydrogen (secondary N) is 1. The van der Waals surface area contributed by atoms with Crippen molar-refractivity contribution in [2.45, 2.75) is 19.9 Å². The molecule has 0 unspecified atom stereocenters. The molecular formula is C13H14FIN2S. The lowest BCUT2D eigenvalue weighted by Crippen LogP contribution is -2.02. The maximum absolute atomic E-state index is 13.4. The van der Waals surface area contributed by atoms with E-state index < -0.39 is 0 Å². The van der Waals surface area contributed by atoms with E-state index in [1.165, 1.54) is 15.8 Å². The van der Waals surface area contributed by atoms with Gasteiger partial charge in [0.05, 0.1) is 14.9 Å². The highest BCUT2D eigenvalue weighted by molar-refractivity contribution is 14.1. The first-order chi connectivity index (χ1) is 8.60. The van der Waals surface area contributed by atoms with Crippen molar-refractivity contribution in [3.05, 3.63) is 43.4 Å². The maximum atomic E-state index is 13.4. The highest BCUT2D eigenvalue weighted by Crippen LogP contribution is 2.25. The van der Waals surface area contributed by atoms with Gasteiger partial charge in [-0.3, -0.25) is 0 Å². The maximum Gasteiger partial charge on any atom is 0.138 e. The summed E-state index contributed by atoms with van der Waals surface area (Å²) >= 11 is 3.70. The fourth-order valence-corrected chi connectivity index (χ4v) is 2.99. The third kappa shape index (κ3) is 3.14. The Bertz CT molecular complexity index is 554. The first-order valence-electron chi connectivity index (χ1n) is 5.66. The van der Waals surface area contributed by atoms with Crippen LogP contribution >= 0.6 is 33.9 Å². The van der Waals surface area contributed by atoms with E-state index in [2.05, 4.69) is 24.4 Å². The van der Waals surface area contributed by atoms with Gasteiger partial charge in [-0.2, -0.15) is 0 Å². The van der Waals surface area contributed by atoms with Gasteiger partial charge in [0, 0.05) is 22.4 Å². The second kappa shape index (κ2) is 5.88. The molecule has 0 atom stereocenters. The molecule has 2 aromatic rings. The zero-order valence-corrected chi connectivity index (χ0v) is 12.9. The standard InChI is InChI=1S/C13H14FIN2S/c1-2-8-3-4-9(18-8)7-17-13-5-10(14)11(15)6-12(13)16/h3-6,17H,2,7,16H2,1H3. The second-order valence-corrected chi connectivity index (χ2v) is 6.34. The number of thiophene rings is 1. The third-order valence-electron chi connectivity index (χ3n) is 2.61. The van der Waals surface area contributed by atoms with Crippen molar-refractivity contribution in [2.24, 2.45) is 0 Å². The summed E-state index contributed by atoms with van der Waals surface area (Å²) in [6, 6.07) is 7.31. The van der Waals surface area contributed by atoms with E-state index in [0.717, 1.165) is 6.42 Å². The number of hydrogen-bond acceptors (Lipinski definition) is 3. The van der Waals surface area contributed by atoms with Crippen LogP contribution in [-0.4, -0.2) is 0 Å². The normalized spacial score (nSPS) is 10.6. The van der Waals surface area contributed by atoms with Crippen LogP contribution in [0.25, 0.3) is 0 Å². The summed E-state index contributed by atoms with van der Waals surface area (Å²) in [6.45, 7) is 2.81. The molecule has 0 saturated carbocycles. The van der Waals surface area contributed by atoms with Crippen LogP contribution in [0.15, 0.2) is 24.3 Å². The van der Waals surface area contributed by atoms with E-state index >= 15 is 0 Å². The number of benzene rings is 1. The molecule has 0 radical (unpaired) electrons. The molecule has 0 amide bonds. The van der Waals surface area contributed by atoms with Crippen LogP contribution < -0.4 is 11.1 Å². The van der Waals surface area contributed by atoms with Crippen molar-refractivity contribution in [3.8, 4) is 0 Å². The fraction of sp³-hybridized carbons (Fsp3) is 0.231. The Balaban J connectivity index is 2.08. The summed E-state index contributed by atoms with van der Waals surface area (Å²) in [5, 5.41) is 3.18. The smallest absolute Gasteiger partial charge is 0.138 e. The molecule has 0 fully saturated rings. The Morgan fingerprint density at radius 2 is 2.06 bits per heavy atom. The topological polar surface area (TPSA) is 38.0 Å². The minimum Gasteiger partial charge on any atom is -0.397 e. The molecule has 1 aromatic heterocycles. The van der Waals surface area contributed by atoms with E-state index in [9.17, 15) is 4.39 Å². The summed E-state index contributed by atoms with van der Waals surface area (Å²) in [5.41, 5.74) is 7.08. The minimum absolute atomic E-state index is 0.243. The molecule has 0 spiro atoms. The van der Waals surface area contributed by atoms with Crippen LogP contribution in [0.4, 0.5) is 15.8 Å². The summed E-state index contributed by atoms with van der Waals surface area (Å²) < 4.78 is 14.0. The molecule has 3 N–H and O–H groups in total. The van der Waals surface area contributed by atoms with Gasteiger partial charge in [-0.1, -0.05) is 6.92 Å². The number of rotatable bonds is 4. The highest BCUT2D eigenvalue weighted by atomic mass is 127. The van der Waals surface area contributed by atoms with E-state index in [-0.39, 0.29) is 5.82 Å². The predicted molar refractivity (Wildman–Crippen MR) is 84.6 cm³/mol. The summed E-state index contributed by atoms with van der Waals surface area (Å²) in [6.07, 6.45) is 1.05. The van der Waals surface area contributed by atoms with Crippen molar-refractivity contribution in [3.63, 3.8) is 0 Å². The SMILES string of the molecule is CCc1ccc(CNc2cc(F)c(I)cc2N)s1.